The van der Waals surface area contributed by atoms with Gasteiger partial charge in [-0.2, -0.15) is 0 Å². The molecule has 7 heavy (non-hydrogen) atoms. The second-order valence-electron chi connectivity index (χ2n) is 0.396. The van der Waals surface area contributed by atoms with Gasteiger partial charge in [-0.05, 0) is 0 Å². The Morgan fingerprint density at radius 2 is 1.29 bits per heavy atom. The summed E-state index contributed by atoms with van der Waals surface area (Å²) in [7, 11) is 0. The van der Waals surface area contributed by atoms with Gasteiger partial charge in [-0.15, -0.1) is 12.4 Å². The summed E-state index contributed by atoms with van der Waals surface area (Å²) in [6, 6.07) is 0. The molecule has 0 radical (unpaired) electrons. The first kappa shape index (κ1) is 15.9. The Hall–Kier alpha value is 1.81. The summed E-state index contributed by atoms with van der Waals surface area (Å²) in [4.78, 5) is 0. The molecular formula is H3ClKMnO4. The van der Waals surface area contributed by atoms with E-state index in [0.717, 1.165) is 0 Å². The molecule has 0 aliphatic carbocycles. The van der Waals surface area contributed by atoms with Crippen molar-refractivity contribution in [3.63, 3.8) is 0 Å². The molecule has 0 spiro atoms. The quantitative estimate of drug-likeness (QED) is 0.411. The van der Waals surface area contributed by atoms with Crippen LogP contribution in [0.1, 0.15) is 1.43 Å². The van der Waals surface area contributed by atoms with Crippen LogP contribution in [0.4, 0.5) is 0 Å². The Labute approximate surface area is 92.1 Å². The second-order valence-corrected chi connectivity index (χ2v) is 1.63. The van der Waals surface area contributed by atoms with Gasteiger partial charge in [0.1, 0.15) is 0 Å². The molecular weight excluding hydrogens is 193 g/mol. The van der Waals surface area contributed by atoms with Crippen molar-refractivity contribution in [2.75, 3.05) is 0 Å². The Bertz CT molecular complexity index is 137. The number of hydrogen-bond donors (Lipinski definition) is 1. The van der Waals surface area contributed by atoms with Gasteiger partial charge in [-0.25, -0.2) is 0 Å². The van der Waals surface area contributed by atoms with Gasteiger partial charge < -0.3 is 1.43 Å². The molecule has 0 saturated heterocycles. The maximum atomic E-state index is 8.69. The third kappa shape index (κ3) is 80.7. The van der Waals surface area contributed by atoms with Crippen LogP contribution in [0.15, 0.2) is 0 Å². The molecule has 0 unspecified atom stereocenters. The van der Waals surface area contributed by atoms with Crippen molar-refractivity contribution in [2.24, 2.45) is 0 Å². The summed E-state index contributed by atoms with van der Waals surface area (Å²) in [6.07, 6.45) is 0. The van der Waals surface area contributed by atoms with Gasteiger partial charge in [0, 0.05) is 0 Å². The van der Waals surface area contributed by atoms with Crippen LogP contribution in [0.3, 0.4) is 0 Å². The molecule has 0 aliphatic heterocycles. The third-order valence-corrected chi connectivity index (χ3v) is 0. The first-order valence-electron chi connectivity index (χ1n) is 0.632. The fraction of sp³-hybridized carbons (Fsp3) is 0. The number of rotatable bonds is 0. The number of hydrogen-bond acceptors (Lipinski definition) is 3. The number of halogens is 1. The summed E-state index contributed by atoms with van der Waals surface area (Å²) >= 11 is -5.38. The predicted molar refractivity (Wildman–Crippen MR) is 12.6 cm³/mol. The minimum absolute atomic E-state index is 0. The predicted octanol–water partition coefficient (Wildman–Crippen LogP) is -3.38. The van der Waals surface area contributed by atoms with E-state index in [0.29, 0.717) is 0 Å². The first-order chi connectivity index (χ1) is 2.00. The van der Waals surface area contributed by atoms with Gasteiger partial charge in [0.15, 0.2) is 0 Å². The van der Waals surface area contributed by atoms with E-state index < -0.39 is 13.0 Å². The molecule has 0 amide bonds. The van der Waals surface area contributed by atoms with Gasteiger partial charge in [0.25, 0.3) is 0 Å². The van der Waals surface area contributed by atoms with E-state index in [4.69, 9.17) is 15.7 Å². The van der Waals surface area contributed by atoms with E-state index in [1.54, 1.807) is 0 Å². The topological polar surface area (TPSA) is 71.4 Å². The SMILES string of the molecule is Cl.[H-].[K+].[O]=[Mn](=[O])(=[O])[OH]. The minimum atomic E-state index is -5.38. The molecule has 0 aliphatic rings. The van der Waals surface area contributed by atoms with E-state index in [9.17, 15) is 0 Å². The van der Waals surface area contributed by atoms with Gasteiger partial charge >= 0.3 is 80.0 Å². The van der Waals surface area contributed by atoms with Crippen LogP contribution in [-0.2, 0) is 24.5 Å². The summed E-state index contributed by atoms with van der Waals surface area (Å²) in [5.74, 6) is 0. The van der Waals surface area contributed by atoms with Crippen molar-refractivity contribution in [3.05, 3.63) is 0 Å². The second kappa shape index (κ2) is 5.93. The first-order valence-corrected chi connectivity index (χ1v) is 2.61. The molecule has 4 nitrogen and oxygen atoms in total. The third-order valence-electron chi connectivity index (χ3n) is 0. The average Bonchev–Trinajstić information content (AvgIpc) is 0.722. The van der Waals surface area contributed by atoms with E-state index in [1.807, 2.05) is 0 Å². The van der Waals surface area contributed by atoms with Crippen molar-refractivity contribution in [1.29, 1.82) is 0 Å². The molecule has 0 bridgehead atoms. The Kier molecular flexibility index (Phi) is 13.5. The molecule has 0 saturated carbocycles. The molecule has 7 heteroatoms. The molecule has 0 fully saturated rings. The van der Waals surface area contributed by atoms with Gasteiger partial charge in [0.05, 0.1) is 0 Å². The zero-order valence-electron chi connectivity index (χ0n) is 4.46. The van der Waals surface area contributed by atoms with Crippen molar-refractivity contribution >= 4 is 12.4 Å². The molecule has 1 N–H and O–H groups in total. The summed E-state index contributed by atoms with van der Waals surface area (Å²) in [5, 5.41) is 0. The van der Waals surface area contributed by atoms with E-state index in [2.05, 4.69) is 0 Å². The van der Waals surface area contributed by atoms with Gasteiger partial charge in [0.2, 0.25) is 0 Å². The normalized spacial score (nSPS) is 8.14. The van der Waals surface area contributed by atoms with Crippen LogP contribution in [0, 0.1) is 0 Å². The van der Waals surface area contributed by atoms with Crippen LogP contribution < -0.4 is 51.4 Å². The van der Waals surface area contributed by atoms with Gasteiger partial charge in [-0.3, -0.25) is 0 Å². The van der Waals surface area contributed by atoms with E-state index >= 15 is 0 Å². The summed E-state index contributed by atoms with van der Waals surface area (Å²) in [5.41, 5.74) is 0. The monoisotopic (exact) mass is 196 g/mol. The van der Waals surface area contributed by atoms with Crippen LogP contribution in [0.5, 0.6) is 0 Å². The van der Waals surface area contributed by atoms with Crippen molar-refractivity contribution in [3.8, 4) is 0 Å². The Morgan fingerprint density at radius 1 is 1.29 bits per heavy atom. The molecule has 0 aromatic carbocycles. The molecule has 42 valence electrons. The zero-order valence-corrected chi connectivity index (χ0v) is 8.58. The Morgan fingerprint density at radius 3 is 1.29 bits per heavy atom. The van der Waals surface area contributed by atoms with Crippen LogP contribution in [-0.4, -0.2) is 4.19 Å². The maximum absolute atomic E-state index is 8.69. The van der Waals surface area contributed by atoms with Gasteiger partial charge in [-0.1, -0.05) is 0 Å². The van der Waals surface area contributed by atoms with Crippen molar-refractivity contribution < 1.29 is 81.5 Å². The average molecular weight is 197 g/mol. The standard InChI is InChI=1S/ClH.K.Mn.H2O.3O.H/h1H;;;1H2;;;;/q;2*+1;;;;;-1/p-1. The summed E-state index contributed by atoms with van der Waals surface area (Å²) < 4.78 is 33.1. The summed E-state index contributed by atoms with van der Waals surface area (Å²) in [6.45, 7) is 0. The van der Waals surface area contributed by atoms with E-state index in [1.165, 1.54) is 0 Å². The fourth-order valence-corrected chi connectivity index (χ4v) is 0. The molecule has 0 aromatic heterocycles. The Balaban J connectivity index is -0.0000000267. The molecule has 0 atom stereocenters. The fourth-order valence-electron chi connectivity index (χ4n) is 0. The van der Waals surface area contributed by atoms with Crippen molar-refractivity contribution in [1.82, 2.24) is 0 Å². The molecule has 0 rings (SSSR count). The van der Waals surface area contributed by atoms with Crippen LogP contribution >= 0.6 is 12.4 Å². The molecule has 0 aromatic rings. The molecule has 0 heterocycles. The van der Waals surface area contributed by atoms with Crippen molar-refractivity contribution in [2.45, 2.75) is 0 Å². The zero-order chi connectivity index (χ0) is 4.50. The van der Waals surface area contributed by atoms with Crippen LogP contribution in [0.25, 0.3) is 0 Å². The van der Waals surface area contributed by atoms with E-state index in [-0.39, 0.29) is 65.2 Å². The van der Waals surface area contributed by atoms with Crippen LogP contribution in [0.2, 0.25) is 0 Å².